The summed E-state index contributed by atoms with van der Waals surface area (Å²) in [4.78, 5) is 11.9. The van der Waals surface area contributed by atoms with Crippen LogP contribution in [0.25, 0.3) is 22.4 Å². The van der Waals surface area contributed by atoms with Crippen LogP contribution in [0.3, 0.4) is 0 Å². The first-order valence-electron chi connectivity index (χ1n) is 11.7. The summed E-state index contributed by atoms with van der Waals surface area (Å²) in [6, 6.07) is 8.24. The van der Waals surface area contributed by atoms with Crippen molar-refractivity contribution in [3.05, 3.63) is 40.6 Å². The van der Waals surface area contributed by atoms with E-state index in [-0.39, 0.29) is 30.5 Å². The van der Waals surface area contributed by atoms with Crippen LogP contribution < -0.4 is 16.5 Å². The molecule has 4 N–H and O–H groups in total. The molecule has 1 saturated carbocycles. The molecule has 1 atom stereocenters. The Kier molecular flexibility index (Phi) is 5.52. The summed E-state index contributed by atoms with van der Waals surface area (Å²) in [6.07, 6.45) is 3.23. The van der Waals surface area contributed by atoms with Gasteiger partial charge in [-0.05, 0) is 58.6 Å². The fraction of sp³-hybridized carbons (Fsp3) is 0.440. The fourth-order valence-electron chi connectivity index (χ4n) is 5.15. The number of carbonyl (C=O) groups excluding carboxylic acids is 1. The highest BCUT2D eigenvalue weighted by Crippen LogP contribution is 2.41. The van der Waals surface area contributed by atoms with E-state index in [4.69, 9.17) is 20.5 Å². The molecule has 2 aromatic heterocycles. The number of nitrogens with two attached hydrogens (primary N) is 1. The number of hydrazone groups is 1. The average Bonchev–Trinajstić information content (AvgIpc) is 3.36. The highest BCUT2D eigenvalue weighted by molar-refractivity contribution is 6.05. The molecule has 1 aromatic carbocycles. The highest BCUT2D eigenvalue weighted by Gasteiger charge is 2.35. The van der Waals surface area contributed by atoms with Gasteiger partial charge in [-0.2, -0.15) is 15.5 Å². The van der Waals surface area contributed by atoms with Crippen LogP contribution in [0.1, 0.15) is 73.5 Å². The van der Waals surface area contributed by atoms with Gasteiger partial charge in [-0.3, -0.25) is 14.9 Å². The van der Waals surface area contributed by atoms with Gasteiger partial charge in [-0.25, -0.2) is 0 Å². The van der Waals surface area contributed by atoms with Gasteiger partial charge in [-0.1, -0.05) is 11.6 Å². The zero-order valence-electron chi connectivity index (χ0n) is 19.7. The number of amides is 1. The van der Waals surface area contributed by atoms with Crippen molar-refractivity contribution in [2.24, 2.45) is 10.8 Å². The van der Waals surface area contributed by atoms with Gasteiger partial charge >= 0.3 is 0 Å². The summed E-state index contributed by atoms with van der Waals surface area (Å²) in [5.74, 6) is 0.965. The smallest absolute Gasteiger partial charge is 0.234 e. The van der Waals surface area contributed by atoms with E-state index < -0.39 is 0 Å². The molecule has 9 heteroatoms. The number of aryl methyl sites for hydroxylation is 2. The first kappa shape index (κ1) is 22.0. The summed E-state index contributed by atoms with van der Waals surface area (Å²) in [7, 11) is 0. The third-order valence-electron chi connectivity index (χ3n) is 6.94. The lowest BCUT2D eigenvalue weighted by molar-refractivity contribution is -0.121. The van der Waals surface area contributed by atoms with Gasteiger partial charge in [0.25, 0.3) is 0 Å². The summed E-state index contributed by atoms with van der Waals surface area (Å²) in [6.45, 7) is 6.17. The molecule has 176 valence electrons. The second-order valence-corrected chi connectivity index (χ2v) is 9.36. The molecule has 3 aromatic rings. The first-order chi connectivity index (χ1) is 16.4. The van der Waals surface area contributed by atoms with Crippen molar-refractivity contribution in [3.63, 3.8) is 0 Å². The van der Waals surface area contributed by atoms with Crippen LogP contribution in [0.5, 0.6) is 0 Å². The quantitative estimate of drug-likeness (QED) is 0.544. The molecule has 0 spiro atoms. The standard InChI is InChI=1S/C25H29N7O2/c1-13-4-9-19-18(12-13)14(2)24(34-19)23-21-22(15(3)29-30-25(21)27)31-32(23)17-7-5-16(6-8-17)28-20(33)10-11-26/h4,9,12,15-17,29H,5-8,10H2,1-3H3,(H2,27,30)(H,28,33). The van der Waals surface area contributed by atoms with Crippen LogP contribution in [0.2, 0.25) is 0 Å². The van der Waals surface area contributed by atoms with Gasteiger partial charge < -0.3 is 15.5 Å². The number of hydrogen-bond donors (Lipinski definition) is 3. The third kappa shape index (κ3) is 3.69. The van der Waals surface area contributed by atoms with E-state index in [1.54, 1.807) is 0 Å². The fourth-order valence-corrected chi connectivity index (χ4v) is 5.15. The number of nitrogens with zero attached hydrogens (tertiary/aromatic N) is 4. The van der Waals surface area contributed by atoms with Gasteiger partial charge in [0.2, 0.25) is 5.91 Å². The number of furan rings is 1. The molecule has 2 aliphatic rings. The number of hydrogen-bond acceptors (Lipinski definition) is 7. The summed E-state index contributed by atoms with van der Waals surface area (Å²) < 4.78 is 8.47. The van der Waals surface area contributed by atoms with Crippen LogP contribution in [0.15, 0.2) is 27.7 Å². The van der Waals surface area contributed by atoms with Gasteiger partial charge in [0.05, 0.1) is 29.4 Å². The van der Waals surface area contributed by atoms with Crippen LogP contribution in [0.4, 0.5) is 0 Å². The Morgan fingerprint density at radius 1 is 1.32 bits per heavy atom. The van der Waals surface area contributed by atoms with Crippen molar-refractivity contribution in [2.45, 2.75) is 71.0 Å². The van der Waals surface area contributed by atoms with E-state index >= 15 is 0 Å². The SMILES string of the molecule is Cc1ccc2oc(-c3c4c(nn3C3CCC(NC(=O)CC#N)CC3)C(C)NN=C4N)c(C)c2c1. The molecule has 1 aliphatic heterocycles. The molecule has 1 fully saturated rings. The van der Waals surface area contributed by atoms with Crippen LogP contribution >= 0.6 is 0 Å². The van der Waals surface area contributed by atoms with E-state index in [2.05, 4.69) is 40.4 Å². The molecule has 1 amide bonds. The Hall–Kier alpha value is -3.80. The lowest BCUT2D eigenvalue weighted by Gasteiger charge is -2.30. The number of amidine groups is 1. The number of aromatic nitrogens is 2. The van der Waals surface area contributed by atoms with Crippen molar-refractivity contribution in [1.82, 2.24) is 20.5 Å². The van der Waals surface area contributed by atoms with Gasteiger partial charge in [0.1, 0.15) is 17.7 Å². The summed E-state index contributed by atoms with van der Waals surface area (Å²) in [5, 5.41) is 22.2. The Labute approximate surface area is 198 Å². The second-order valence-electron chi connectivity index (χ2n) is 9.36. The average molecular weight is 460 g/mol. The van der Waals surface area contributed by atoms with Gasteiger partial charge in [0.15, 0.2) is 11.6 Å². The van der Waals surface area contributed by atoms with Crippen molar-refractivity contribution in [2.75, 3.05) is 0 Å². The molecular weight excluding hydrogens is 430 g/mol. The number of nitriles is 1. The molecule has 1 unspecified atom stereocenters. The Balaban J connectivity index is 1.56. The maximum absolute atomic E-state index is 11.9. The van der Waals surface area contributed by atoms with Crippen molar-refractivity contribution in [3.8, 4) is 17.5 Å². The molecule has 0 radical (unpaired) electrons. The van der Waals surface area contributed by atoms with Crippen molar-refractivity contribution < 1.29 is 9.21 Å². The molecule has 1 aliphatic carbocycles. The van der Waals surface area contributed by atoms with E-state index in [0.717, 1.165) is 64.9 Å². The molecule has 34 heavy (non-hydrogen) atoms. The van der Waals surface area contributed by atoms with Crippen LogP contribution in [-0.2, 0) is 4.79 Å². The van der Waals surface area contributed by atoms with Gasteiger partial charge in [-0.15, -0.1) is 0 Å². The van der Waals surface area contributed by atoms with E-state index in [0.29, 0.717) is 5.84 Å². The van der Waals surface area contributed by atoms with E-state index in [1.165, 1.54) is 5.56 Å². The largest absolute Gasteiger partial charge is 0.454 e. The maximum atomic E-state index is 11.9. The Morgan fingerprint density at radius 3 is 2.82 bits per heavy atom. The number of benzene rings is 1. The minimum atomic E-state index is -0.210. The number of fused-ring (bicyclic) bond motifs is 2. The Morgan fingerprint density at radius 2 is 2.09 bits per heavy atom. The third-order valence-corrected chi connectivity index (χ3v) is 6.94. The normalized spacial score (nSPS) is 21.9. The minimum Gasteiger partial charge on any atom is -0.454 e. The zero-order valence-corrected chi connectivity index (χ0v) is 19.7. The monoisotopic (exact) mass is 459 g/mol. The summed E-state index contributed by atoms with van der Waals surface area (Å²) in [5.41, 5.74) is 15.1. The van der Waals surface area contributed by atoms with E-state index in [9.17, 15) is 4.79 Å². The maximum Gasteiger partial charge on any atom is 0.234 e. The lowest BCUT2D eigenvalue weighted by Crippen LogP contribution is -2.38. The second kappa shape index (κ2) is 8.52. The first-order valence-corrected chi connectivity index (χ1v) is 11.7. The molecular formula is C25H29N7O2. The number of carbonyl (C=O) groups is 1. The Bertz CT molecular complexity index is 1340. The highest BCUT2D eigenvalue weighted by atomic mass is 16.3. The number of rotatable bonds is 4. The predicted octanol–water partition coefficient (Wildman–Crippen LogP) is 3.71. The molecule has 5 rings (SSSR count). The topological polar surface area (TPSA) is 134 Å². The van der Waals surface area contributed by atoms with Crippen LogP contribution in [0, 0.1) is 25.2 Å². The van der Waals surface area contributed by atoms with E-state index in [1.807, 2.05) is 25.1 Å². The van der Waals surface area contributed by atoms with Crippen molar-refractivity contribution >= 4 is 22.7 Å². The lowest BCUT2D eigenvalue weighted by atomic mass is 9.90. The van der Waals surface area contributed by atoms with Crippen LogP contribution in [-0.4, -0.2) is 27.6 Å². The predicted molar refractivity (Wildman–Crippen MR) is 129 cm³/mol. The molecule has 0 bridgehead atoms. The molecule has 9 nitrogen and oxygen atoms in total. The molecule has 3 heterocycles. The van der Waals surface area contributed by atoms with Crippen molar-refractivity contribution in [1.29, 1.82) is 5.26 Å². The number of nitrogens with one attached hydrogen (secondary N) is 2. The summed E-state index contributed by atoms with van der Waals surface area (Å²) >= 11 is 0. The van der Waals surface area contributed by atoms with Gasteiger partial charge in [0, 0.05) is 17.0 Å². The zero-order chi connectivity index (χ0) is 24.0. The minimum absolute atomic E-state index is 0.0733. The molecule has 0 saturated heterocycles.